The lowest BCUT2D eigenvalue weighted by molar-refractivity contribution is 0.0487. The predicted molar refractivity (Wildman–Crippen MR) is 83.7 cm³/mol. The Hall–Kier alpha value is -2.14. The molecule has 0 radical (unpaired) electrons. The minimum absolute atomic E-state index is 0.0443. The summed E-state index contributed by atoms with van der Waals surface area (Å²) >= 11 is 0. The number of carbonyl (C=O) groups excluding carboxylic acids is 1. The summed E-state index contributed by atoms with van der Waals surface area (Å²) in [6.07, 6.45) is 5.16. The minimum Gasteiger partial charge on any atom is -0.381 e. The molecule has 1 fully saturated rings. The molecule has 0 atom stereocenters. The van der Waals surface area contributed by atoms with Crippen LogP contribution >= 0.6 is 0 Å². The SMILES string of the molecule is Cn1cc(C(=O)NCC2(c3ccccc3)CCOCC2)cn1. The topological polar surface area (TPSA) is 56.2 Å². The number of nitrogens with zero attached hydrogens (tertiary/aromatic N) is 2. The van der Waals surface area contributed by atoms with E-state index >= 15 is 0 Å². The van der Waals surface area contributed by atoms with Crippen molar-refractivity contribution in [1.29, 1.82) is 0 Å². The van der Waals surface area contributed by atoms with Crippen LogP contribution in [-0.2, 0) is 17.2 Å². The molecule has 1 aliphatic heterocycles. The molecule has 0 aliphatic carbocycles. The molecular formula is C17H21N3O2. The summed E-state index contributed by atoms with van der Waals surface area (Å²) in [5, 5.41) is 7.12. The van der Waals surface area contributed by atoms with Gasteiger partial charge in [0.25, 0.3) is 5.91 Å². The van der Waals surface area contributed by atoms with Crippen molar-refractivity contribution in [1.82, 2.24) is 15.1 Å². The van der Waals surface area contributed by atoms with Gasteiger partial charge >= 0.3 is 0 Å². The summed E-state index contributed by atoms with van der Waals surface area (Å²) < 4.78 is 7.15. The van der Waals surface area contributed by atoms with Gasteiger partial charge in [-0.3, -0.25) is 9.48 Å². The largest absolute Gasteiger partial charge is 0.381 e. The number of rotatable bonds is 4. The second kappa shape index (κ2) is 6.32. The molecule has 5 nitrogen and oxygen atoms in total. The smallest absolute Gasteiger partial charge is 0.254 e. The van der Waals surface area contributed by atoms with Crippen molar-refractivity contribution in [3.63, 3.8) is 0 Å². The molecule has 5 heteroatoms. The number of benzene rings is 1. The first kappa shape index (κ1) is 14.8. The Morgan fingerprint density at radius 2 is 2.05 bits per heavy atom. The van der Waals surface area contributed by atoms with Crippen molar-refractivity contribution in [2.75, 3.05) is 19.8 Å². The normalized spacial score (nSPS) is 17.1. The van der Waals surface area contributed by atoms with Crippen LogP contribution in [0.3, 0.4) is 0 Å². The molecule has 0 unspecified atom stereocenters. The van der Waals surface area contributed by atoms with Crippen LogP contribution in [0.1, 0.15) is 28.8 Å². The Bertz CT molecular complexity index is 630. The third-order valence-electron chi connectivity index (χ3n) is 4.39. The first-order valence-electron chi connectivity index (χ1n) is 7.60. The fourth-order valence-electron chi connectivity index (χ4n) is 3.01. The Morgan fingerprint density at radius 1 is 1.32 bits per heavy atom. The monoisotopic (exact) mass is 299 g/mol. The van der Waals surface area contributed by atoms with E-state index in [9.17, 15) is 4.79 Å². The highest BCUT2D eigenvalue weighted by Crippen LogP contribution is 2.34. The summed E-state index contributed by atoms with van der Waals surface area (Å²) in [5.41, 5.74) is 1.82. The zero-order valence-corrected chi connectivity index (χ0v) is 12.8. The van der Waals surface area contributed by atoms with Crippen LogP contribution in [-0.4, -0.2) is 35.4 Å². The molecule has 0 spiro atoms. The molecule has 0 bridgehead atoms. The van der Waals surface area contributed by atoms with Gasteiger partial charge in [-0.2, -0.15) is 5.10 Å². The number of ether oxygens (including phenoxy) is 1. The number of hydrogen-bond donors (Lipinski definition) is 1. The predicted octanol–water partition coefficient (Wildman–Crippen LogP) is 1.90. The van der Waals surface area contributed by atoms with Crippen molar-refractivity contribution in [2.24, 2.45) is 7.05 Å². The molecule has 22 heavy (non-hydrogen) atoms. The molecule has 3 rings (SSSR count). The fraction of sp³-hybridized carbons (Fsp3) is 0.412. The zero-order valence-electron chi connectivity index (χ0n) is 12.8. The van der Waals surface area contributed by atoms with Crippen LogP contribution in [0.5, 0.6) is 0 Å². The van der Waals surface area contributed by atoms with Crippen molar-refractivity contribution in [3.05, 3.63) is 53.9 Å². The molecule has 2 heterocycles. The van der Waals surface area contributed by atoms with E-state index in [1.165, 1.54) is 5.56 Å². The Labute approximate surface area is 130 Å². The summed E-state index contributed by atoms with van der Waals surface area (Å²) in [6.45, 7) is 2.09. The molecule has 1 N–H and O–H groups in total. The Morgan fingerprint density at radius 3 is 2.68 bits per heavy atom. The van der Waals surface area contributed by atoms with E-state index in [2.05, 4.69) is 34.7 Å². The van der Waals surface area contributed by atoms with E-state index in [0.717, 1.165) is 26.1 Å². The first-order valence-corrected chi connectivity index (χ1v) is 7.60. The second-order valence-electron chi connectivity index (χ2n) is 5.84. The van der Waals surface area contributed by atoms with Gasteiger partial charge in [-0.25, -0.2) is 0 Å². The fourth-order valence-corrected chi connectivity index (χ4v) is 3.01. The van der Waals surface area contributed by atoms with Gasteiger partial charge in [-0.1, -0.05) is 30.3 Å². The molecule has 1 amide bonds. The van der Waals surface area contributed by atoms with Crippen LogP contribution < -0.4 is 5.32 Å². The highest BCUT2D eigenvalue weighted by molar-refractivity contribution is 5.93. The van der Waals surface area contributed by atoms with E-state index < -0.39 is 0 Å². The molecule has 1 aromatic carbocycles. The lowest BCUT2D eigenvalue weighted by atomic mass is 9.74. The van der Waals surface area contributed by atoms with Gasteiger partial charge in [0.05, 0.1) is 11.8 Å². The molecular weight excluding hydrogens is 278 g/mol. The molecule has 2 aromatic rings. The maximum Gasteiger partial charge on any atom is 0.254 e. The van der Waals surface area contributed by atoms with Gasteiger partial charge in [-0.15, -0.1) is 0 Å². The maximum atomic E-state index is 12.3. The maximum absolute atomic E-state index is 12.3. The highest BCUT2D eigenvalue weighted by Gasteiger charge is 2.34. The number of hydrogen-bond acceptors (Lipinski definition) is 3. The van der Waals surface area contributed by atoms with Crippen LogP contribution in [0.15, 0.2) is 42.7 Å². The summed E-state index contributed by atoms with van der Waals surface area (Å²) in [5.74, 6) is -0.0742. The quantitative estimate of drug-likeness (QED) is 0.938. The lowest BCUT2D eigenvalue weighted by Gasteiger charge is -2.38. The number of aromatic nitrogens is 2. The van der Waals surface area contributed by atoms with Crippen LogP contribution in [0.2, 0.25) is 0 Å². The van der Waals surface area contributed by atoms with E-state index in [-0.39, 0.29) is 11.3 Å². The van der Waals surface area contributed by atoms with E-state index in [0.29, 0.717) is 12.1 Å². The third kappa shape index (κ3) is 3.04. The van der Waals surface area contributed by atoms with Gasteiger partial charge in [-0.05, 0) is 18.4 Å². The molecule has 1 aliphatic rings. The van der Waals surface area contributed by atoms with E-state index in [1.807, 2.05) is 6.07 Å². The van der Waals surface area contributed by atoms with Gasteiger partial charge in [0.1, 0.15) is 0 Å². The average Bonchev–Trinajstić information content (AvgIpc) is 3.01. The standard InChI is InChI=1S/C17H21N3O2/c1-20-12-14(11-19-20)16(21)18-13-17(7-9-22-10-8-17)15-5-3-2-4-6-15/h2-6,11-12H,7-10,13H2,1H3,(H,18,21). The average molecular weight is 299 g/mol. The van der Waals surface area contributed by atoms with Crippen molar-refractivity contribution in [2.45, 2.75) is 18.3 Å². The van der Waals surface area contributed by atoms with E-state index in [1.54, 1.807) is 24.1 Å². The number of amides is 1. The Balaban J connectivity index is 1.75. The highest BCUT2D eigenvalue weighted by atomic mass is 16.5. The molecule has 1 saturated heterocycles. The lowest BCUT2D eigenvalue weighted by Crippen LogP contribution is -2.44. The Kier molecular flexibility index (Phi) is 4.24. The van der Waals surface area contributed by atoms with Gasteiger partial charge in [0, 0.05) is 38.4 Å². The summed E-state index contributed by atoms with van der Waals surface area (Å²) in [4.78, 5) is 12.3. The van der Waals surface area contributed by atoms with Gasteiger partial charge < -0.3 is 10.1 Å². The molecule has 0 saturated carbocycles. The van der Waals surface area contributed by atoms with Crippen LogP contribution in [0.4, 0.5) is 0 Å². The van der Waals surface area contributed by atoms with Crippen molar-refractivity contribution >= 4 is 5.91 Å². The molecule has 1 aromatic heterocycles. The summed E-state index contributed by atoms with van der Waals surface area (Å²) in [6, 6.07) is 10.4. The van der Waals surface area contributed by atoms with Gasteiger partial charge in [0.15, 0.2) is 0 Å². The second-order valence-corrected chi connectivity index (χ2v) is 5.84. The van der Waals surface area contributed by atoms with Crippen molar-refractivity contribution < 1.29 is 9.53 Å². The zero-order chi connectivity index (χ0) is 15.4. The third-order valence-corrected chi connectivity index (χ3v) is 4.39. The van der Waals surface area contributed by atoms with E-state index in [4.69, 9.17) is 4.74 Å². The number of nitrogens with one attached hydrogen (secondary N) is 1. The minimum atomic E-state index is -0.0742. The summed E-state index contributed by atoms with van der Waals surface area (Å²) in [7, 11) is 1.81. The van der Waals surface area contributed by atoms with Gasteiger partial charge in [0.2, 0.25) is 0 Å². The van der Waals surface area contributed by atoms with Crippen LogP contribution in [0, 0.1) is 0 Å². The molecule has 116 valence electrons. The first-order chi connectivity index (χ1) is 10.7. The van der Waals surface area contributed by atoms with Crippen molar-refractivity contribution in [3.8, 4) is 0 Å². The number of aryl methyl sites for hydroxylation is 1. The number of carbonyl (C=O) groups is 1. The van der Waals surface area contributed by atoms with Crippen LogP contribution in [0.25, 0.3) is 0 Å².